The zero-order valence-electron chi connectivity index (χ0n) is 11.2. The van der Waals surface area contributed by atoms with Crippen LogP contribution in [0, 0.1) is 10.1 Å². The Balaban J connectivity index is 3.21. The molecule has 1 heterocycles. The van der Waals surface area contributed by atoms with Crippen molar-refractivity contribution in [1.82, 2.24) is 4.31 Å². The third-order valence-corrected chi connectivity index (χ3v) is 6.49. The van der Waals surface area contributed by atoms with E-state index in [0.29, 0.717) is 11.3 Å². The quantitative estimate of drug-likeness (QED) is 0.560. The molecule has 0 saturated heterocycles. The molecule has 20 heavy (non-hydrogen) atoms. The van der Waals surface area contributed by atoms with E-state index >= 15 is 0 Å². The summed E-state index contributed by atoms with van der Waals surface area (Å²) >= 11 is 6.39. The molecule has 7 nitrogen and oxygen atoms in total. The van der Waals surface area contributed by atoms with Crippen molar-refractivity contribution in [2.45, 2.75) is 24.1 Å². The Morgan fingerprint density at radius 1 is 1.60 bits per heavy atom. The van der Waals surface area contributed by atoms with Crippen LogP contribution in [0.2, 0.25) is 4.34 Å². The Labute approximate surface area is 126 Å². The number of rotatable bonds is 7. The molecule has 0 bridgehead atoms. The number of ether oxygens (including phenoxy) is 1. The summed E-state index contributed by atoms with van der Waals surface area (Å²) in [4.78, 5) is 10.0. The van der Waals surface area contributed by atoms with Gasteiger partial charge in [0.25, 0.3) is 15.7 Å². The van der Waals surface area contributed by atoms with Crippen molar-refractivity contribution in [3.05, 3.63) is 20.5 Å². The number of hydrogen-bond acceptors (Lipinski definition) is 6. The summed E-state index contributed by atoms with van der Waals surface area (Å²) in [6.07, 6.45) is 0. The van der Waals surface area contributed by atoms with Gasteiger partial charge in [-0.15, -0.1) is 11.3 Å². The van der Waals surface area contributed by atoms with Crippen molar-refractivity contribution in [3.8, 4) is 0 Å². The molecule has 1 rings (SSSR count). The van der Waals surface area contributed by atoms with Crippen LogP contribution >= 0.6 is 22.9 Å². The van der Waals surface area contributed by atoms with Crippen molar-refractivity contribution in [3.63, 3.8) is 0 Å². The average molecular weight is 343 g/mol. The molecular formula is C10H15ClN2O5S2. The highest BCUT2D eigenvalue weighted by Crippen LogP contribution is 2.37. The van der Waals surface area contributed by atoms with Crippen LogP contribution in [-0.2, 0) is 14.8 Å². The fourth-order valence-electron chi connectivity index (χ4n) is 1.75. The lowest BCUT2D eigenvalue weighted by molar-refractivity contribution is -0.384. The normalized spacial score (nSPS) is 13.7. The molecule has 0 N–H and O–H groups in total. The Morgan fingerprint density at radius 3 is 2.60 bits per heavy atom. The number of hydrogen-bond donors (Lipinski definition) is 0. The van der Waals surface area contributed by atoms with Crippen LogP contribution in [-0.4, -0.2) is 43.9 Å². The maximum Gasteiger partial charge on any atom is 0.300 e. The molecular weight excluding hydrogens is 328 g/mol. The molecule has 10 heteroatoms. The van der Waals surface area contributed by atoms with Gasteiger partial charge in [-0.05, 0) is 6.92 Å². The highest BCUT2D eigenvalue weighted by Gasteiger charge is 2.32. The zero-order valence-corrected chi connectivity index (χ0v) is 13.6. The van der Waals surface area contributed by atoms with Gasteiger partial charge in [-0.2, -0.15) is 4.31 Å². The predicted molar refractivity (Wildman–Crippen MR) is 76.9 cm³/mol. The van der Waals surface area contributed by atoms with Crippen LogP contribution in [0.5, 0.6) is 0 Å². The first-order chi connectivity index (χ1) is 9.25. The van der Waals surface area contributed by atoms with E-state index in [0.717, 1.165) is 6.07 Å². The van der Waals surface area contributed by atoms with E-state index in [1.165, 1.54) is 11.4 Å². The number of thiophene rings is 1. The molecule has 114 valence electrons. The number of nitro groups is 1. The lowest BCUT2D eigenvalue weighted by atomic mass is 10.4. The van der Waals surface area contributed by atoms with E-state index in [4.69, 9.17) is 16.3 Å². The third kappa shape index (κ3) is 3.47. The SMILES string of the molecule is CCN(C(C)COC)S(=O)(=O)c1cc([N+](=O)[O-])c(Cl)s1. The minimum Gasteiger partial charge on any atom is -0.383 e. The lowest BCUT2D eigenvalue weighted by Gasteiger charge is -2.25. The first-order valence-corrected chi connectivity index (χ1v) is 8.33. The van der Waals surface area contributed by atoms with Crippen LogP contribution < -0.4 is 0 Å². The molecule has 1 aromatic rings. The van der Waals surface area contributed by atoms with Crippen LogP contribution in [0.25, 0.3) is 0 Å². The van der Waals surface area contributed by atoms with E-state index in [-0.39, 0.29) is 27.7 Å². The van der Waals surface area contributed by atoms with Gasteiger partial charge in [0.05, 0.1) is 11.5 Å². The number of halogens is 1. The average Bonchev–Trinajstić information content (AvgIpc) is 2.73. The molecule has 1 unspecified atom stereocenters. The Morgan fingerprint density at radius 2 is 2.20 bits per heavy atom. The number of likely N-dealkylation sites (N-methyl/N-ethyl adjacent to an activating group) is 1. The van der Waals surface area contributed by atoms with Crippen LogP contribution in [0.4, 0.5) is 5.69 Å². The maximum atomic E-state index is 12.5. The highest BCUT2D eigenvalue weighted by molar-refractivity contribution is 7.91. The van der Waals surface area contributed by atoms with Gasteiger partial charge in [-0.25, -0.2) is 8.42 Å². The molecule has 0 radical (unpaired) electrons. The van der Waals surface area contributed by atoms with Gasteiger partial charge in [0.2, 0.25) is 0 Å². The number of sulfonamides is 1. The molecule has 0 aliphatic carbocycles. The Hall–Kier alpha value is -0.740. The van der Waals surface area contributed by atoms with Gasteiger partial charge >= 0.3 is 0 Å². The number of nitrogens with zero attached hydrogens (tertiary/aromatic N) is 2. The summed E-state index contributed by atoms with van der Waals surface area (Å²) in [6.45, 7) is 3.85. The first-order valence-electron chi connectivity index (χ1n) is 5.70. The van der Waals surface area contributed by atoms with Crippen molar-refractivity contribution in [1.29, 1.82) is 0 Å². The van der Waals surface area contributed by atoms with Crippen molar-refractivity contribution in [2.24, 2.45) is 0 Å². The molecule has 0 fully saturated rings. The Kier molecular flexibility index (Phi) is 5.90. The Bertz CT molecular complexity index is 586. The van der Waals surface area contributed by atoms with E-state index in [9.17, 15) is 18.5 Å². The third-order valence-electron chi connectivity index (χ3n) is 2.62. The second kappa shape index (κ2) is 6.81. The summed E-state index contributed by atoms with van der Waals surface area (Å²) in [6, 6.07) is 0.611. The topological polar surface area (TPSA) is 89.8 Å². The molecule has 1 aromatic heterocycles. The van der Waals surface area contributed by atoms with E-state index in [2.05, 4.69) is 0 Å². The smallest absolute Gasteiger partial charge is 0.300 e. The molecule has 0 aromatic carbocycles. The molecule has 1 atom stereocenters. The molecule has 0 saturated carbocycles. The minimum atomic E-state index is -3.82. The first kappa shape index (κ1) is 17.3. The van der Waals surface area contributed by atoms with Crippen molar-refractivity contribution < 1.29 is 18.1 Å². The maximum absolute atomic E-state index is 12.5. The second-order valence-corrected chi connectivity index (χ2v) is 7.77. The fourth-order valence-corrected chi connectivity index (χ4v) is 5.17. The van der Waals surface area contributed by atoms with E-state index in [1.807, 2.05) is 0 Å². The van der Waals surface area contributed by atoms with Gasteiger partial charge in [0, 0.05) is 25.8 Å². The monoisotopic (exact) mass is 342 g/mol. The van der Waals surface area contributed by atoms with Gasteiger partial charge < -0.3 is 4.74 Å². The standard InChI is InChI=1S/C10H15ClN2O5S2/c1-4-12(7(2)6-18-3)20(16,17)9-5-8(13(14)15)10(11)19-9/h5,7H,4,6H2,1-3H3. The highest BCUT2D eigenvalue weighted by atomic mass is 35.5. The largest absolute Gasteiger partial charge is 0.383 e. The summed E-state index contributed by atoms with van der Waals surface area (Å²) in [5, 5.41) is 10.7. The van der Waals surface area contributed by atoms with Crippen molar-refractivity contribution in [2.75, 3.05) is 20.3 Å². The van der Waals surface area contributed by atoms with Gasteiger partial charge in [0.1, 0.15) is 4.21 Å². The number of methoxy groups -OCH3 is 1. The van der Waals surface area contributed by atoms with Gasteiger partial charge in [0.15, 0.2) is 4.34 Å². The van der Waals surface area contributed by atoms with Crippen molar-refractivity contribution >= 4 is 38.6 Å². The van der Waals surface area contributed by atoms with E-state index in [1.54, 1.807) is 13.8 Å². The minimum absolute atomic E-state index is 0.140. The van der Waals surface area contributed by atoms with E-state index < -0.39 is 20.6 Å². The molecule has 0 spiro atoms. The molecule has 0 amide bonds. The predicted octanol–water partition coefficient (Wildman–Crippen LogP) is 2.36. The van der Waals surface area contributed by atoms with Crippen LogP contribution in [0.3, 0.4) is 0 Å². The summed E-state index contributed by atoms with van der Waals surface area (Å²) in [7, 11) is -2.35. The summed E-state index contributed by atoms with van der Waals surface area (Å²) in [5.74, 6) is 0. The van der Waals surface area contributed by atoms with Crippen LogP contribution in [0.15, 0.2) is 10.3 Å². The van der Waals surface area contributed by atoms with Crippen LogP contribution in [0.1, 0.15) is 13.8 Å². The molecule has 0 aliphatic rings. The fraction of sp³-hybridized carbons (Fsp3) is 0.600. The lowest BCUT2D eigenvalue weighted by Crippen LogP contribution is -2.40. The summed E-state index contributed by atoms with van der Waals surface area (Å²) in [5.41, 5.74) is -0.398. The zero-order chi connectivity index (χ0) is 15.5. The summed E-state index contributed by atoms with van der Waals surface area (Å²) < 4.78 is 30.8. The molecule has 0 aliphatic heterocycles. The van der Waals surface area contributed by atoms with Gasteiger partial charge in [-0.3, -0.25) is 10.1 Å². The second-order valence-electron chi connectivity index (χ2n) is 3.99. The van der Waals surface area contributed by atoms with Gasteiger partial charge in [-0.1, -0.05) is 18.5 Å².